The minimum absolute atomic E-state index is 0.0822. The number of amides is 1. The van der Waals surface area contributed by atoms with E-state index in [1.54, 1.807) is 42.7 Å². The Bertz CT molecular complexity index is 1210. The van der Waals surface area contributed by atoms with Gasteiger partial charge in [-0.05, 0) is 71.5 Å². The average Bonchev–Trinajstić information content (AvgIpc) is 2.93. The van der Waals surface area contributed by atoms with Gasteiger partial charge in [0.1, 0.15) is 0 Å². The Labute approximate surface area is 218 Å². The fourth-order valence-corrected chi connectivity index (χ4v) is 4.12. The molecular weight excluding hydrogens is 474 g/mol. The molecule has 8 nitrogen and oxygen atoms in total. The molecule has 0 aliphatic carbocycles. The van der Waals surface area contributed by atoms with Crippen LogP contribution >= 0.6 is 0 Å². The van der Waals surface area contributed by atoms with Gasteiger partial charge in [-0.25, -0.2) is 0 Å². The van der Waals surface area contributed by atoms with Crippen LogP contribution in [0.15, 0.2) is 48.5 Å². The third kappa shape index (κ3) is 7.00. The Morgan fingerprint density at radius 3 is 1.59 bits per heavy atom. The quantitative estimate of drug-likeness (QED) is 0.369. The van der Waals surface area contributed by atoms with Gasteiger partial charge < -0.3 is 33.7 Å². The van der Waals surface area contributed by atoms with E-state index in [2.05, 4.69) is 5.32 Å². The van der Waals surface area contributed by atoms with Crippen LogP contribution in [0.2, 0.25) is 0 Å². The number of ether oxygens (including phenoxy) is 6. The first-order valence-corrected chi connectivity index (χ1v) is 11.9. The summed E-state index contributed by atoms with van der Waals surface area (Å²) in [5.74, 6) is 3.74. The molecule has 0 aliphatic rings. The second-order valence-corrected chi connectivity index (χ2v) is 8.31. The first-order valence-electron chi connectivity index (χ1n) is 11.9. The monoisotopic (exact) mass is 509 g/mol. The maximum absolute atomic E-state index is 12.9. The maximum atomic E-state index is 12.9. The number of carbonyl (C=O) groups excluding carboxylic acids is 1. The predicted octanol–water partition coefficient (Wildman–Crippen LogP) is 4.23. The molecule has 0 atom stereocenters. The van der Waals surface area contributed by atoms with Gasteiger partial charge in [0.05, 0.1) is 49.1 Å². The van der Waals surface area contributed by atoms with Crippen LogP contribution in [0.3, 0.4) is 0 Å². The number of benzene rings is 3. The van der Waals surface area contributed by atoms with Crippen molar-refractivity contribution in [3.63, 3.8) is 0 Å². The number of hydrogen-bond donors (Lipinski definition) is 1. The van der Waals surface area contributed by atoms with Crippen LogP contribution < -0.4 is 33.7 Å². The highest BCUT2D eigenvalue weighted by Crippen LogP contribution is 2.34. The largest absolute Gasteiger partial charge is 0.493 e. The molecule has 0 unspecified atom stereocenters. The normalized spacial score (nSPS) is 10.4. The van der Waals surface area contributed by atoms with E-state index in [0.29, 0.717) is 53.9 Å². The van der Waals surface area contributed by atoms with Crippen LogP contribution in [0.1, 0.15) is 22.3 Å². The molecule has 3 aromatic rings. The zero-order valence-corrected chi connectivity index (χ0v) is 22.3. The molecule has 1 amide bonds. The van der Waals surface area contributed by atoms with Crippen LogP contribution in [0.4, 0.5) is 0 Å². The van der Waals surface area contributed by atoms with Gasteiger partial charge in [-0.15, -0.1) is 0 Å². The lowest BCUT2D eigenvalue weighted by Crippen LogP contribution is -2.27. The number of hydrogen-bond acceptors (Lipinski definition) is 7. The molecule has 0 saturated carbocycles. The fraction of sp³-hybridized carbons (Fsp3) is 0.345. The van der Waals surface area contributed by atoms with E-state index in [9.17, 15) is 4.79 Å². The molecule has 0 heterocycles. The van der Waals surface area contributed by atoms with Gasteiger partial charge in [0.2, 0.25) is 5.91 Å². The van der Waals surface area contributed by atoms with Crippen molar-refractivity contribution in [1.82, 2.24) is 5.32 Å². The SMILES string of the molecule is COc1ccc(CCNC(=O)Cc2cc(OC)c(OC)cc2Cc2ccc(OC)c(OC)c2)cc1OC. The third-order valence-electron chi connectivity index (χ3n) is 6.08. The van der Waals surface area contributed by atoms with Gasteiger partial charge in [0.25, 0.3) is 0 Å². The Kier molecular flexibility index (Phi) is 9.89. The van der Waals surface area contributed by atoms with E-state index in [-0.39, 0.29) is 12.3 Å². The van der Waals surface area contributed by atoms with Crippen molar-refractivity contribution >= 4 is 5.91 Å². The minimum atomic E-state index is -0.0822. The van der Waals surface area contributed by atoms with Crippen LogP contribution in [0.25, 0.3) is 0 Å². The first kappa shape index (κ1) is 27.5. The summed E-state index contributed by atoms with van der Waals surface area (Å²) in [6.45, 7) is 0.493. The third-order valence-corrected chi connectivity index (χ3v) is 6.08. The Morgan fingerprint density at radius 2 is 1.05 bits per heavy atom. The molecule has 0 radical (unpaired) electrons. The van der Waals surface area contributed by atoms with Gasteiger partial charge in [-0.1, -0.05) is 12.1 Å². The van der Waals surface area contributed by atoms with Crippen LogP contribution in [0.5, 0.6) is 34.5 Å². The topological polar surface area (TPSA) is 84.5 Å². The molecule has 1 N–H and O–H groups in total. The van der Waals surface area contributed by atoms with E-state index in [1.807, 2.05) is 48.5 Å². The summed E-state index contributed by atoms with van der Waals surface area (Å²) < 4.78 is 32.5. The molecule has 0 fully saturated rings. The summed E-state index contributed by atoms with van der Waals surface area (Å²) in [5.41, 5.74) is 3.87. The molecular formula is C29H35NO7. The number of rotatable bonds is 13. The summed E-state index contributed by atoms with van der Waals surface area (Å²) in [6.07, 6.45) is 1.44. The highest BCUT2D eigenvalue weighted by molar-refractivity contribution is 5.79. The number of nitrogens with one attached hydrogen (secondary N) is 1. The molecule has 0 spiro atoms. The Balaban J connectivity index is 1.75. The molecule has 0 bridgehead atoms. The Hall–Kier alpha value is -4.07. The molecule has 0 saturated heterocycles. The number of carbonyl (C=O) groups is 1. The molecule has 0 aliphatic heterocycles. The van der Waals surface area contributed by atoms with E-state index in [0.717, 1.165) is 22.3 Å². The highest BCUT2D eigenvalue weighted by Gasteiger charge is 2.16. The summed E-state index contributed by atoms with van der Waals surface area (Å²) in [7, 11) is 9.60. The second-order valence-electron chi connectivity index (χ2n) is 8.31. The van der Waals surface area contributed by atoms with Crippen molar-refractivity contribution < 1.29 is 33.2 Å². The van der Waals surface area contributed by atoms with Gasteiger partial charge in [-0.3, -0.25) is 4.79 Å². The standard InChI is InChI=1S/C29H35NO7/c1-32-23-9-7-19(14-25(23)34-3)11-12-30-29(31)18-22-17-28(37-6)27(36-5)16-21(22)13-20-8-10-24(33-2)26(15-20)35-4/h7-10,14-17H,11-13,18H2,1-6H3,(H,30,31). The number of methoxy groups -OCH3 is 6. The predicted molar refractivity (Wildman–Crippen MR) is 142 cm³/mol. The molecule has 3 rings (SSSR count). The molecule has 8 heteroatoms. The highest BCUT2D eigenvalue weighted by atomic mass is 16.5. The van der Waals surface area contributed by atoms with Crippen molar-refractivity contribution in [1.29, 1.82) is 0 Å². The summed E-state index contributed by atoms with van der Waals surface area (Å²) in [6, 6.07) is 15.3. The molecule has 3 aromatic carbocycles. The van der Waals surface area contributed by atoms with Gasteiger partial charge in [0.15, 0.2) is 34.5 Å². The first-order chi connectivity index (χ1) is 18.0. The van der Waals surface area contributed by atoms with Crippen LogP contribution in [-0.4, -0.2) is 55.1 Å². The maximum Gasteiger partial charge on any atom is 0.224 e. The van der Waals surface area contributed by atoms with E-state index in [1.165, 1.54) is 0 Å². The van der Waals surface area contributed by atoms with Crippen molar-refractivity contribution in [3.8, 4) is 34.5 Å². The molecule has 198 valence electrons. The summed E-state index contributed by atoms with van der Waals surface area (Å²) in [4.78, 5) is 12.9. The summed E-state index contributed by atoms with van der Waals surface area (Å²) in [5, 5.41) is 3.02. The van der Waals surface area contributed by atoms with Crippen molar-refractivity contribution in [2.24, 2.45) is 0 Å². The van der Waals surface area contributed by atoms with Crippen LogP contribution in [0, 0.1) is 0 Å². The zero-order chi connectivity index (χ0) is 26.8. The van der Waals surface area contributed by atoms with E-state index < -0.39 is 0 Å². The van der Waals surface area contributed by atoms with Crippen molar-refractivity contribution in [2.75, 3.05) is 49.2 Å². The fourth-order valence-electron chi connectivity index (χ4n) is 4.12. The Morgan fingerprint density at radius 1 is 0.595 bits per heavy atom. The van der Waals surface area contributed by atoms with Gasteiger partial charge in [-0.2, -0.15) is 0 Å². The van der Waals surface area contributed by atoms with Crippen LogP contribution in [-0.2, 0) is 24.1 Å². The second kappa shape index (κ2) is 13.3. The molecule has 37 heavy (non-hydrogen) atoms. The lowest BCUT2D eigenvalue weighted by atomic mass is 9.96. The summed E-state index contributed by atoms with van der Waals surface area (Å²) >= 11 is 0. The molecule has 0 aromatic heterocycles. The smallest absolute Gasteiger partial charge is 0.224 e. The van der Waals surface area contributed by atoms with Crippen molar-refractivity contribution in [3.05, 3.63) is 70.8 Å². The lowest BCUT2D eigenvalue weighted by Gasteiger charge is -2.16. The average molecular weight is 510 g/mol. The lowest BCUT2D eigenvalue weighted by molar-refractivity contribution is -0.120. The van der Waals surface area contributed by atoms with Crippen molar-refractivity contribution in [2.45, 2.75) is 19.3 Å². The zero-order valence-electron chi connectivity index (χ0n) is 22.3. The van der Waals surface area contributed by atoms with E-state index >= 15 is 0 Å². The minimum Gasteiger partial charge on any atom is -0.493 e. The van der Waals surface area contributed by atoms with E-state index in [4.69, 9.17) is 28.4 Å². The van der Waals surface area contributed by atoms with Gasteiger partial charge in [0, 0.05) is 6.54 Å². The van der Waals surface area contributed by atoms with Gasteiger partial charge >= 0.3 is 0 Å².